The first-order valence-corrected chi connectivity index (χ1v) is 4.38. The fraction of sp³-hybridized carbons (Fsp3) is 0.200. The van der Waals surface area contributed by atoms with Crippen molar-refractivity contribution < 1.29 is 14.3 Å². The monoisotopic (exact) mass is 225 g/mol. The lowest BCUT2D eigenvalue weighted by molar-refractivity contribution is 0.0601. The number of ether oxygens (including phenoxy) is 2. The van der Waals surface area contributed by atoms with Gasteiger partial charge in [-0.25, -0.2) is 4.79 Å². The molecule has 0 aliphatic heterocycles. The van der Waals surface area contributed by atoms with Gasteiger partial charge in [-0.15, -0.1) is 0 Å². The van der Waals surface area contributed by atoms with Gasteiger partial charge in [0, 0.05) is 0 Å². The third-order valence-electron chi connectivity index (χ3n) is 1.84. The molecule has 5 heteroatoms. The zero-order chi connectivity index (χ0) is 11.4. The van der Waals surface area contributed by atoms with Crippen molar-refractivity contribution in [1.82, 2.24) is 0 Å². The summed E-state index contributed by atoms with van der Waals surface area (Å²) in [5.74, 6) is -0.255. The highest BCUT2D eigenvalue weighted by Crippen LogP contribution is 2.29. The van der Waals surface area contributed by atoms with Crippen LogP contribution < -0.4 is 4.74 Å². The van der Waals surface area contributed by atoms with Crippen LogP contribution in [0.3, 0.4) is 0 Å². The molecular weight excluding hydrogens is 218 g/mol. The van der Waals surface area contributed by atoms with E-state index in [2.05, 4.69) is 4.74 Å². The van der Waals surface area contributed by atoms with Crippen molar-refractivity contribution in [3.8, 4) is 11.8 Å². The minimum atomic E-state index is -0.584. The Bertz CT molecular complexity index is 437. The van der Waals surface area contributed by atoms with E-state index in [4.69, 9.17) is 21.6 Å². The zero-order valence-electron chi connectivity index (χ0n) is 8.20. The number of halogens is 1. The standard InChI is InChI=1S/C10H8ClNO3/c1-14-8-4-3-6(10(13)15-2)9(11)7(8)5-12/h3-4H,1-2H3. The molecule has 0 bridgehead atoms. The van der Waals surface area contributed by atoms with Crippen LogP contribution in [-0.2, 0) is 4.74 Å². The van der Waals surface area contributed by atoms with Gasteiger partial charge in [-0.3, -0.25) is 0 Å². The predicted octanol–water partition coefficient (Wildman–Crippen LogP) is 2.01. The van der Waals surface area contributed by atoms with E-state index in [0.717, 1.165) is 0 Å². The third kappa shape index (κ3) is 2.03. The maximum Gasteiger partial charge on any atom is 0.339 e. The van der Waals surface area contributed by atoms with E-state index in [9.17, 15) is 4.79 Å². The molecule has 4 nitrogen and oxygen atoms in total. The van der Waals surface area contributed by atoms with Crippen LogP contribution in [0.1, 0.15) is 15.9 Å². The molecule has 1 aromatic carbocycles. The molecule has 0 spiro atoms. The number of carbonyl (C=O) groups is 1. The lowest BCUT2D eigenvalue weighted by atomic mass is 10.1. The average Bonchev–Trinajstić information content (AvgIpc) is 2.27. The molecule has 15 heavy (non-hydrogen) atoms. The van der Waals surface area contributed by atoms with Gasteiger partial charge in [0.25, 0.3) is 0 Å². The summed E-state index contributed by atoms with van der Waals surface area (Å²) in [6, 6.07) is 4.82. The molecule has 0 radical (unpaired) electrons. The maximum atomic E-state index is 11.2. The van der Waals surface area contributed by atoms with E-state index in [1.165, 1.54) is 26.4 Å². The highest BCUT2D eigenvalue weighted by Gasteiger charge is 2.17. The minimum absolute atomic E-state index is 0.0451. The van der Waals surface area contributed by atoms with Crippen molar-refractivity contribution in [1.29, 1.82) is 5.26 Å². The van der Waals surface area contributed by atoms with Crippen LogP contribution in [0.15, 0.2) is 12.1 Å². The van der Waals surface area contributed by atoms with Crippen LogP contribution in [0, 0.1) is 11.3 Å². The number of nitrogens with zero attached hydrogens (tertiary/aromatic N) is 1. The van der Waals surface area contributed by atoms with E-state index < -0.39 is 5.97 Å². The molecule has 78 valence electrons. The summed E-state index contributed by atoms with van der Waals surface area (Å²) in [4.78, 5) is 11.2. The quantitative estimate of drug-likeness (QED) is 0.723. The van der Waals surface area contributed by atoms with Crippen LogP contribution in [-0.4, -0.2) is 20.2 Å². The van der Waals surface area contributed by atoms with Crippen LogP contribution in [0.4, 0.5) is 0 Å². The SMILES string of the molecule is COC(=O)c1ccc(OC)c(C#N)c1Cl. The van der Waals surface area contributed by atoms with E-state index in [1.54, 1.807) is 0 Å². The molecule has 0 amide bonds. The lowest BCUT2D eigenvalue weighted by Crippen LogP contribution is -2.03. The van der Waals surface area contributed by atoms with E-state index in [0.29, 0.717) is 5.75 Å². The second-order valence-electron chi connectivity index (χ2n) is 2.61. The van der Waals surface area contributed by atoms with Gasteiger partial charge in [-0.2, -0.15) is 5.26 Å². The summed E-state index contributed by atoms with van der Waals surface area (Å²) >= 11 is 5.86. The molecule has 0 fully saturated rings. The fourth-order valence-corrected chi connectivity index (χ4v) is 1.38. The Labute approximate surface area is 92.0 Å². The molecule has 0 aromatic heterocycles. The van der Waals surface area contributed by atoms with Crippen molar-refractivity contribution in [3.63, 3.8) is 0 Å². The summed E-state index contributed by atoms with van der Waals surface area (Å²) in [6.45, 7) is 0. The molecular formula is C10H8ClNO3. The summed E-state index contributed by atoms with van der Waals surface area (Å²) in [6.07, 6.45) is 0. The van der Waals surface area contributed by atoms with Crippen molar-refractivity contribution in [2.24, 2.45) is 0 Å². The molecule has 0 aliphatic carbocycles. The van der Waals surface area contributed by atoms with Gasteiger partial charge in [0.15, 0.2) is 0 Å². The fourth-order valence-electron chi connectivity index (χ4n) is 1.10. The second-order valence-corrected chi connectivity index (χ2v) is 2.99. The minimum Gasteiger partial charge on any atom is -0.495 e. The average molecular weight is 226 g/mol. The largest absolute Gasteiger partial charge is 0.495 e. The van der Waals surface area contributed by atoms with Crippen LogP contribution in [0.25, 0.3) is 0 Å². The zero-order valence-corrected chi connectivity index (χ0v) is 8.96. The van der Waals surface area contributed by atoms with Gasteiger partial charge < -0.3 is 9.47 Å². The number of hydrogen-bond acceptors (Lipinski definition) is 4. The molecule has 0 unspecified atom stereocenters. The molecule has 0 saturated heterocycles. The highest BCUT2D eigenvalue weighted by atomic mass is 35.5. The number of methoxy groups -OCH3 is 2. The third-order valence-corrected chi connectivity index (χ3v) is 2.23. The number of hydrogen-bond donors (Lipinski definition) is 0. The van der Waals surface area contributed by atoms with Gasteiger partial charge in [0.05, 0.1) is 24.8 Å². The van der Waals surface area contributed by atoms with Gasteiger partial charge in [-0.1, -0.05) is 11.6 Å². The van der Waals surface area contributed by atoms with Crippen LogP contribution >= 0.6 is 11.6 Å². The first kappa shape index (κ1) is 11.3. The normalized spacial score (nSPS) is 9.20. The summed E-state index contributed by atoms with van der Waals surface area (Å²) in [5.41, 5.74) is 0.276. The van der Waals surface area contributed by atoms with E-state index in [1.807, 2.05) is 6.07 Å². The number of esters is 1. The Balaban J connectivity index is 3.37. The van der Waals surface area contributed by atoms with Gasteiger partial charge in [-0.05, 0) is 12.1 Å². The van der Waals surface area contributed by atoms with E-state index in [-0.39, 0.29) is 16.1 Å². The number of benzene rings is 1. The smallest absolute Gasteiger partial charge is 0.339 e. The lowest BCUT2D eigenvalue weighted by Gasteiger charge is -2.07. The first-order valence-electron chi connectivity index (χ1n) is 4.00. The molecule has 0 saturated carbocycles. The van der Waals surface area contributed by atoms with Crippen LogP contribution in [0.5, 0.6) is 5.75 Å². The Kier molecular flexibility index (Phi) is 3.53. The second kappa shape index (κ2) is 4.67. The van der Waals surface area contributed by atoms with E-state index >= 15 is 0 Å². The number of nitriles is 1. The number of carbonyl (C=O) groups excluding carboxylic acids is 1. The summed E-state index contributed by atoms with van der Waals surface area (Å²) in [5, 5.41) is 8.89. The van der Waals surface area contributed by atoms with Crippen molar-refractivity contribution in [2.45, 2.75) is 0 Å². The topological polar surface area (TPSA) is 59.3 Å². The maximum absolute atomic E-state index is 11.2. The molecule has 0 heterocycles. The Morgan fingerprint density at radius 1 is 1.47 bits per heavy atom. The van der Waals surface area contributed by atoms with Crippen molar-refractivity contribution >= 4 is 17.6 Å². The molecule has 0 N–H and O–H groups in total. The van der Waals surface area contributed by atoms with Gasteiger partial charge >= 0.3 is 5.97 Å². The summed E-state index contributed by atoms with van der Waals surface area (Å²) < 4.78 is 9.44. The Morgan fingerprint density at radius 2 is 2.13 bits per heavy atom. The Morgan fingerprint density at radius 3 is 2.60 bits per heavy atom. The van der Waals surface area contributed by atoms with Crippen LogP contribution in [0.2, 0.25) is 5.02 Å². The summed E-state index contributed by atoms with van der Waals surface area (Å²) in [7, 11) is 2.67. The predicted molar refractivity (Wildman–Crippen MR) is 54.1 cm³/mol. The molecule has 0 atom stereocenters. The van der Waals surface area contributed by atoms with Gasteiger partial charge in [0.2, 0.25) is 0 Å². The molecule has 1 rings (SSSR count). The Hall–Kier alpha value is -1.73. The van der Waals surface area contributed by atoms with Crippen molar-refractivity contribution in [2.75, 3.05) is 14.2 Å². The molecule has 0 aliphatic rings. The first-order chi connectivity index (χ1) is 7.15. The van der Waals surface area contributed by atoms with Crippen molar-refractivity contribution in [3.05, 3.63) is 28.3 Å². The molecule has 1 aromatic rings. The number of rotatable bonds is 2. The van der Waals surface area contributed by atoms with Gasteiger partial charge in [0.1, 0.15) is 17.4 Å². The highest BCUT2D eigenvalue weighted by molar-refractivity contribution is 6.35.